The first-order valence-corrected chi connectivity index (χ1v) is 7.47. The lowest BCUT2D eigenvalue weighted by molar-refractivity contribution is 0.259. The highest BCUT2D eigenvalue weighted by Gasteiger charge is 2.17. The van der Waals surface area contributed by atoms with Crippen molar-refractivity contribution < 1.29 is 9.47 Å². The van der Waals surface area contributed by atoms with E-state index in [0.29, 0.717) is 19.6 Å². The molecule has 0 fully saturated rings. The van der Waals surface area contributed by atoms with Crippen molar-refractivity contribution in [1.82, 2.24) is 5.32 Å². The Labute approximate surface area is 128 Å². The summed E-state index contributed by atoms with van der Waals surface area (Å²) >= 11 is 0. The number of ether oxygens (including phenoxy) is 2. The fraction of sp³-hybridized carbons (Fsp3) is 0.588. The Balaban J connectivity index is 2.73. The van der Waals surface area contributed by atoms with Crippen LogP contribution >= 0.6 is 0 Å². The van der Waals surface area contributed by atoms with E-state index in [-0.39, 0.29) is 5.41 Å². The molecule has 1 rings (SSSR count). The molecule has 4 heteroatoms. The van der Waals surface area contributed by atoms with Crippen molar-refractivity contribution in [2.24, 2.45) is 5.41 Å². The summed E-state index contributed by atoms with van der Waals surface area (Å²) < 4.78 is 11.5. The van der Waals surface area contributed by atoms with Gasteiger partial charge in [-0.2, -0.15) is 5.26 Å². The van der Waals surface area contributed by atoms with E-state index in [2.05, 4.69) is 18.3 Å². The second kappa shape index (κ2) is 8.53. The van der Waals surface area contributed by atoms with Crippen LogP contribution in [0.2, 0.25) is 0 Å². The van der Waals surface area contributed by atoms with Crippen LogP contribution in [0.3, 0.4) is 0 Å². The Morgan fingerprint density at radius 1 is 1.24 bits per heavy atom. The predicted octanol–water partition coefficient (Wildman–Crippen LogP) is 3.51. The molecule has 0 amide bonds. The van der Waals surface area contributed by atoms with Gasteiger partial charge in [-0.15, -0.1) is 0 Å². The number of nitrogens with zero attached hydrogens (tertiary/aromatic N) is 1. The van der Waals surface area contributed by atoms with Crippen LogP contribution in [-0.4, -0.2) is 20.3 Å². The van der Waals surface area contributed by atoms with Crippen molar-refractivity contribution in [2.75, 3.05) is 20.3 Å². The van der Waals surface area contributed by atoms with Crippen LogP contribution in [0.1, 0.15) is 39.2 Å². The highest BCUT2D eigenvalue weighted by atomic mass is 16.5. The number of rotatable bonds is 9. The standard InChI is InChI=1S/C17H26N2O2/c1-5-9-20-15-7-6-14(12-19-4)16(11-15)21-10-8-17(2,3)13-18/h6-7,11,19H,5,8-10,12H2,1-4H3. The van der Waals surface area contributed by atoms with Crippen molar-refractivity contribution in [1.29, 1.82) is 5.26 Å². The first-order chi connectivity index (χ1) is 10.0. The van der Waals surface area contributed by atoms with Gasteiger partial charge in [-0.1, -0.05) is 13.0 Å². The Morgan fingerprint density at radius 2 is 2.00 bits per heavy atom. The molecule has 0 spiro atoms. The van der Waals surface area contributed by atoms with Gasteiger partial charge >= 0.3 is 0 Å². The van der Waals surface area contributed by atoms with Gasteiger partial charge in [-0.3, -0.25) is 0 Å². The normalized spacial score (nSPS) is 11.0. The third kappa shape index (κ3) is 6.05. The second-order valence-corrected chi connectivity index (χ2v) is 5.74. The number of nitriles is 1. The number of nitrogens with one attached hydrogen (secondary N) is 1. The number of hydrogen-bond acceptors (Lipinski definition) is 4. The minimum Gasteiger partial charge on any atom is -0.493 e. The molecule has 1 N–H and O–H groups in total. The quantitative estimate of drug-likeness (QED) is 0.756. The number of benzene rings is 1. The van der Waals surface area contributed by atoms with Gasteiger partial charge < -0.3 is 14.8 Å². The Hall–Kier alpha value is -1.73. The van der Waals surface area contributed by atoms with Gasteiger partial charge in [0.2, 0.25) is 0 Å². The Bertz CT molecular complexity index is 478. The zero-order valence-corrected chi connectivity index (χ0v) is 13.5. The average Bonchev–Trinajstić information content (AvgIpc) is 2.47. The molecule has 1 aromatic rings. The zero-order chi connectivity index (χ0) is 15.7. The lowest BCUT2D eigenvalue weighted by Crippen LogP contribution is -2.14. The third-order valence-corrected chi connectivity index (χ3v) is 3.17. The molecule has 21 heavy (non-hydrogen) atoms. The molecule has 0 heterocycles. The van der Waals surface area contributed by atoms with Crippen LogP contribution in [0.15, 0.2) is 18.2 Å². The Kier molecular flexibility index (Phi) is 7.04. The monoisotopic (exact) mass is 290 g/mol. The molecule has 0 saturated carbocycles. The van der Waals surface area contributed by atoms with Gasteiger partial charge in [0.15, 0.2) is 0 Å². The van der Waals surface area contributed by atoms with Crippen molar-refractivity contribution in [2.45, 2.75) is 40.2 Å². The van der Waals surface area contributed by atoms with E-state index in [9.17, 15) is 0 Å². The lowest BCUT2D eigenvalue weighted by atomic mass is 9.92. The maximum atomic E-state index is 9.04. The molecule has 4 nitrogen and oxygen atoms in total. The average molecular weight is 290 g/mol. The van der Waals surface area contributed by atoms with Crippen molar-refractivity contribution >= 4 is 0 Å². The van der Waals surface area contributed by atoms with Gasteiger partial charge in [0.05, 0.1) is 24.7 Å². The first kappa shape index (κ1) is 17.3. The zero-order valence-electron chi connectivity index (χ0n) is 13.5. The van der Waals surface area contributed by atoms with E-state index < -0.39 is 0 Å². The summed E-state index contributed by atoms with van der Waals surface area (Å²) in [5.74, 6) is 1.65. The van der Waals surface area contributed by atoms with E-state index in [1.807, 2.05) is 39.1 Å². The van der Waals surface area contributed by atoms with Gasteiger partial charge in [0.25, 0.3) is 0 Å². The van der Waals surface area contributed by atoms with Crippen LogP contribution in [0.4, 0.5) is 0 Å². The lowest BCUT2D eigenvalue weighted by Gasteiger charge is -2.17. The van der Waals surface area contributed by atoms with Gasteiger partial charge in [0, 0.05) is 18.2 Å². The molecule has 0 aliphatic rings. The molecular weight excluding hydrogens is 264 g/mol. The van der Waals surface area contributed by atoms with Crippen LogP contribution in [-0.2, 0) is 6.54 Å². The van der Waals surface area contributed by atoms with E-state index in [1.165, 1.54) is 0 Å². The molecule has 116 valence electrons. The van der Waals surface area contributed by atoms with E-state index in [0.717, 1.165) is 30.0 Å². The van der Waals surface area contributed by atoms with E-state index in [4.69, 9.17) is 14.7 Å². The first-order valence-electron chi connectivity index (χ1n) is 7.47. The highest BCUT2D eigenvalue weighted by molar-refractivity contribution is 5.40. The summed E-state index contributed by atoms with van der Waals surface area (Å²) in [5.41, 5.74) is 0.732. The van der Waals surface area contributed by atoms with Crippen LogP contribution in [0.25, 0.3) is 0 Å². The molecule has 1 aromatic carbocycles. The molecule has 0 unspecified atom stereocenters. The van der Waals surface area contributed by atoms with Crippen LogP contribution in [0, 0.1) is 16.7 Å². The number of hydrogen-bond donors (Lipinski definition) is 1. The second-order valence-electron chi connectivity index (χ2n) is 5.74. The van der Waals surface area contributed by atoms with Crippen molar-refractivity contribution in [3.8, 4) is 17.6 Å². The summed E-state index contributed by atoms with van der Waals surface area (Å²) in [6.07, 6.45) is 1.67. The fourth-order valence-electron chi connectivity index (χ4n) is 1.79. The van der Waals surface area contributed by atoms with E-state index in [1.54, 1.807) is 0 Å². The highest BCUT2D eigenvalue weighted by Crippen LogP contribution is 2.26. The molecule has 0 aromatic heterocycles. The SMILES string of the molecule is CCCOc1ccc(CNC)c(OCCC(C)(C)C#N)c1. The van der Waals surface area contributed by atoms with Crippen molar-refractivity contribution in [3.63, 3.8) is 0 Å². The third-order valence-electron chi connectivity index (χ3n) is 3.17. The molecule has 0 aliphatic carbocycles. The van der Waals surface area contributed by atoms with Gasteiger partial charge in [-0.25, -0.2) is 0 Å². The van der Waals surface area contributed by atoms with Gasteiger partial charge in [-0.05, 0) is 39.8 Å². The summed E-state index contributed by atoms with van der Waals surface area (Å²) in [4.78, 5) is 0. The van der Waals surface area contributed by atoms with Crippen LogP contribution < -0.4 is 14.8 Å². The smallest absolute Gasteiger partial charge is 0.127 e. The largest absolute Gasteiger partial charge is 0.493 e. The molecule has 0 aliphatic heterocycles. The molecule has 0 atom stereocenters. The molecule has 0 bridgehead atoms. The minimum atomic E-state index is -0.362. The van der Waals surface area contributed by atoms with E-state index >= 15 is 0 Å². The predicted molar refractivity (Wildman–Crippen MR) is 84.5 cm³/mol. The maximum Gasteiger partial charge on any atom is 0.127 e. The summed E-state index contributed by atoms with van der Waals surface area (Å²) in [6, 6.07) is 8.21. The topological polar surface area (TPSA) is 54.3 Å². The maximum absolute atomic E-state index is 9.04. The molecule has 0 saturated heterocycles. The van der Waals surface area contributed by atoms with Crippen LogP contribution in [0.5, 0.6) is 11.5 Å². The Morgan fingerprint density at radius 3 is 2.62 bits per heavy atom. The summed E-state index contributed by atoms with van der Waals surface area (Å²) in [6.45, 7) is 7.89. The van der Waals surface area contributed by atoms with Crippen molar-refractivity contribution in [3.05, 3.63) is 23.8 Å². The van der Waals surface area contributed by atoms with Gasteiger partial charge in [0.1, 0.15) is 11.5 Å². The summed E-state index contributed by atoms with van der Waals surface area (Å²) in [5, 5.41) is 12.2. The molecule has 0 radical (unpaired) electrons. The summed E-state index contributed by atoms with van der Waals surface area (Å²) in [7, 11) is 1.91. The minimum absolute atomic E-state index is 0.362. The molecular formula is C17H26N2O2. The fourth-order valence-corrected chi connectivity index (χ4v) is 1.79.